The van der Waals surface area contributed by atoms with Gasteiger partial charge in [-0.3, -0.25) is 9.59 Å². The monoisotopic (exact) mass is 1010 g/mol. The summed E-state index contributed by atoms with van der Waals surface area (Å²) in [5.74, 6) is -1.10. The van der Waals surface area contributed by atoms with Crippen LogP contribution in [0, 0.1) is 0 Å². The molecule has 2 aliphatic rings. The molecule has 11 atom stereocenters. The van der Waals surface area contributed by atoms with Gasteiger partial charge in [0.05, 0.1) is 19.8 Å². The predicted octanol–water partition coefficient (Wildman–Crippen LogP) is 7.71. The average molecular weight is 1010 g/mol. The van der Waals surface area contributed by atoms with Crippen LogP contribution in [0.2, 0.25) is 0 Å². The molecule has 0 saturated carbocycles. The van der Waals surface area contributed by atoms with Crippen LogP contribution in [0.5, 0.6) is 0 Å². The fraction of sp³-hybridized carbons (Fsp3) is 0.614. The third kappa shape index (κ3) is 29.6. The van der Waals surface area contributed by atoms with Crippen molar-refractivity contribution >= 4 is 11.9 Å². The fourth-order valence-corrected chi connectivity index (χ4v) is 7.17. The number of rotatable bonds is 38. The lowest BCUT2D eigenvalue weighted by molar-refractivity contribution is -0.332. The van der Waals surface area contributed by atoms with Crippen LogP contribution in [0.3, 0.4) is 0 Å². The van der Waals surface area contributed by atoms with Gasteiger partial charge in [0, 0.05) is 12.8 Å². The second-order valence-electron chi connectivity index (χ2n) is 17.6. The maximum Gasteiger partial charge on any atom is 0.306 e. The van der Waals surface area contributed by atoms with Crippen molar-refractivity contribution in [3.63, 3.8) is 0 Å². The summed E-state index contributed by atoms with van der Waals surface area (Å²) < 4.78 is 33.4. The normalized spacial score (nSPS) is 26.0. The molecule has 2 aliphatic heterocycles. The van der Waals surface area contributed by atoms with Crippen molar-refractivity contribution in [2.24, 2.45) is 0 Å². The zero-order valence-corrected chi connectivity index (χ0v) is 42.9. The molecule has 15 heteroatoms. The summed E-state index contributed by atoms with van der Waals surface area (Å²) in [6.45, 7) is 2.28. The average Bonchev–Trinajstić information content (AvgIpc) is 3.37. The van der Waals surface area contributed by atoms with Gasteiger partial charge >= 0.3 is 11.9 Å². The first-order valence-corrected chi connectivity index (χ1v) is 26.1. The van der Waals surface area contributed by atoms with Crippen LogP contribution in [0.4, 0.5) is 0 Å². The van der Waals surface area contributed by atoms with Crippen LogP contribution < -0.4 is 0 Å². The second kappa shape index (κ2) is 42.3. The van der Waals surface area contributed by atoms with Gasteiger partial charge in [-0.15, -0.1) is 0 Å². The molecule has 406 valence electrons. The first-order chi connectivity index (χ1) is 35.0. The smallest absolute Gasteiger partial charge is 0.306 e. The summed E-state index contributed by atoms with van der Waals surface area (Å²) in [5, 5.41) is 72.1. The number of allylic oxidation sites excluding steroid dienone is 20. The first kappa shape index (κ1) is 64.0. The number of ether oxygens (including phenoxy) is 6. The van der Waals surface area contributed by atoms with E-state index in [1.165, 1.54) is 19.3 Å². The molecule has 2 heterocycles. The van der Waals surface area contributed by atoms with E-state index < -0.39 is 99.3 Å². The van der Waals surface area contributed by atoms with Gasteiger partial charge in [0.25, 0.3) is 0 Å². The third-order valence-electron chi connectivity index (χ3n) is 11.4. The SMILES string of the molecule is CC/C=C/C/C=C/C/C=C/C/C=C/C/C=C/CCCC(=O)OC[C@H](CO[C@H]1O[C@@H](CO[C@H]2O[C@@H](CO)[C@@H](O)C(O)C2O)[C@@H](O)C(O)C1O)OC(=O)CC/C=C/C/C=C/C/C=C/C/C=C/C/C=C/CCCCC. The van der Waals surface area contributed by atoms with Gasteiger partial charge < -0.3 is 64.2 Å². The van der Waals surface area contributed by atoms with Gasteiger partial charge in [0.2, 0.25) is 0 Å². The molecule has 4 unspecified atom stereocenters. The number of aliphatic hydroxyl groups is 7. The lowest BCUT2D eigenvalue weighted by Gasteiger charge is -2.42. The van der Waals surface area contributed by atoms with E-state index >= 15 is 0 Å². The minimum absolute atomic E-state index is 0.0215. The van der Waals surface area contributed by atoms with E-state index in [1.807, 2.05) is 30.4 Å². The van der Waals surface area contributed by atoms with Crippen LogP contribution in [0.25, 0.3) is 0 Å². The van der Waals surface area contributed by atoms with Crippen molar-refractivity contribution in [2.45, 2.75) is 197 Å². The van der Waals surface area contributed by atoms with E-state index in [2.05, 4.69) is 105 Å². The maximum absolute atomic E-state index is 13.0. The van der Waals surface area contributed by atoms with E-state index in [9.17, 15) is 45.3 Å². The molecule has 0 aliphatic carbocycles. The van der Waals surface area contributed by atoms with Crippen molar-refractivity contribution in [3.05, 3.63) is 122 Å². The molecule has 2 saturated heterocycles. The molecule has 7 N–H and O–H groups in total. The number of hydrogen-bond acceptors (Lipinski definition) is 15. The highest BCUT2D eigenvalue weighted by molar-refractivity contribution is 5.70. The first-order valence-electron chi connectivity index (χ1n) is 26.1. The summed E-state index contributed by atoms with van der Waals surface area (Å²) in [6.07, 6.45) is 39.6. The Labute approximate surface area is 429 Å². The van der Waals surface area contributed by atoms with Gasteiger partial charge in [-0.25, -0.2) is 0 Å². The summed E-state index contributed by atoms with van der Waals surface area (Å²) in [5.41, 5.74) is 0. The Morgan fingerprint density at radius 2 is 0.889 bits per heavy atom. The van der Waals surface area contributed by atoms with Gasteiger partial charge in [0.15, 0.2) is 18.7 Å². The molecule has 0 amide bonds. The number of unbranched alkanes of at least 4 members (excludes halogenated alkanes) is 4. The van der Waals surface area contributed by atoms with E-state index in [0.717, 1.165) is 57.8 Å². The number of hydrogen-bond donors (Lipinski definition) is 7. The van der Waals surface area contributed by atoms with Gasteiger partial charge in [-0.2, -0.15) is 0 Å². The van der Waals surface area contributed by atoms with Gasteiger partial charge in [-0.05, 0) is 89.9 Å². The van der Waals surface area contributed by atoms with E-state index in [4.69, 9.17) is 28.4 Å². The molecule has 0 bridgehead atoms. The molecule has 15 nitrogen and oxygen atoms in total. The largest absolute Gasteiger partial charge is 0.462 e. The van der Waals surface area contributed by atoms with E-state index in [0.29, 0.717) is 25.7 Å². The molecular weight excluding hydrogens is 925 g/mol. The highest BCUT2D eigenvalue weighted by atomic mass is 16.7. The summed E-state index contributed by atoms with van der Waals surface area (Å²) in [4.78, 5) is 25.7. The maximum atomic E-state index is 13.0. The number of carbonyl (C=O) groups is 2. The lowest BCUT2D eigenvalue weighted by Crippen LogP contribution is -2.61. The summed E-state index contributed by atoms with van der Waals surface area (Å²) >= 11 is 0. The number of carbonyl (C=O) groups excluding carboxylic acids is 2. The predicted molar refractivity (Wildman–Crippen MR) is 279 cm³/mol. The Morgan fingerprint density at radius 1 is 0.458 bits per heavy atom. The van der Waals surface area contributed by atoms with Crippen molar-refractivity contribution in [1.82, 2.24) is 0 Å². The Bertz CT molecular complexity index is 1710. The Morgan fingerprint density at radius 3 is 1.38 bits per heavy atom. The highest BCUT2D eigenvalue weighted by Crippen LogP contribution is 2.26. The molecule has 0 spiro atoms. The second-order valence-corrected chi connectivity index (χ2v) is 17.6. The fourth-order valence-electron chi connectivity index (χ4n) is 7.17. The van der Waals surface area contributed by atoms with Crippen molar-refractivity contribution in [2.75, 3.05) is 26.4 Å². The highest BCUT2D eigenvalue weighted by Gasteiger charge is 2.47. The topological polar surface area (TPSA) is 231 Å². The number of aliphatic hydroxyl groups excluding tert-OH is 7. The van der Waals surface area contributed by atoms with Crippen molar-refractivity contribution in [3.8, 4) is 0 Å². The van der Waals surface area contributed by atoms with E-state index in [-0.39, 0.29) is 19.4 Å². The van der Waals surface area contributed by atoms with Crippen molar-refractivity contribution in [1.29, 1.82) is 0 Å². The van der Waals surface area contributed by atoms with Crippen LogP contribution in [0.15, 0.2) is 122 Å². The van der Waals surface area contributed by atoms with Crippen LogP contribution in [0.1, 0.15) is 129 Å². The Kier molecular flexibility index (Phi) is 37.6. The zero-order chi connectivity index (χ0) is 52.4. The lowest BCUT2D eigenvalue weighted by atomic mass is 9.98. The third-order valence-corrected chi connectivity index (χ3v) is 11.4. The molecule has 0 radical (unpaired) electrons. The standard InChI is InChI=1S/C57H88O15/c1-3-5-7-9-11-13-15-17-19-21-22-24-26-28-30-32-34-36-38-40-49(60)70-45(42-67-48(59)39-37-35-33-31-29-27-25-23-20-18-16-14-12-10-8-6-4-2)43-68-56-55(66)53(64)51(62)47(72-56)44-69-57-54(65)52(63)50(61)46(41-58)71-57/h6,8,11-14,17-20,22,24-25,27-28,30-31,33-34,36,45-47,50-58,61-66H,3-5,7,9-10,15-16,21,23,26,29,32,35,37-44H2,1-2H3/b8-6+,13-11+,14-12+,19-17+,20-18+,24-22+,27-25+,30-28+,33-31+,36-34+/t45-,46+,47+,50-,51-,52?,53?,54?,55?,56+,57+/m1/s1. The van der Waals surface area contributed by atoms with Crippen molar-refractivity contribution < 1.29 is 73.8 Å². The minimum atomic E-state index is -1.79. The minimum Gasteiger partial charge on any atom is -0.462 e. The zero-order valence-electron chi connectivity index (χ0n) is 42.9. The van der Waals surface area contributed by atoms with Gasteiger partial charge in [-0.1, -0.05) is 148 Å². The quantitative estimate of drug-likeness (QED) is 0.0178. The molecular formula is C57H88O15. The molecule has 0 aromatic rings. The molecule has 2 rings (SSSR count). The molecule has 0 aromatic heterocycles. The summed E-state index contributed by atoms with van der Waals surface area (Å²) in [7, 11) is 0. The van der Waals surface area contributed by atoms with Crippen LogP contribution in [-0.4, -0.2) is 142 Å². The molecule has 72 heavy (non-hydrogen) atoms. The van der Waals surface area contributed by atoms with Crippen LogP contribution in [-0.2, 0) is 38.0 Å². The number of esters is 2. The Hall–Kier alpha value is -4.10. The Balaban J connectivity index is 1.87. The molecule has 0 aromatic carbocycles. The molecule has 2 fully saturated rings. The van der Waals surface area contributed by atoms with Gasteiger partial charge in [0.1, 0.15) is 55.4 Å². The van der Waals surface area contributed by atoms with Crippen LogP contribution >= 0.6 is 0 Å². The van der Waals surface area contributed by atoms with E-state index in [1.54, 1.807) is 0 Å². The summed E-state index contributed by atoms with van der Waals surface area (Å²) in [6, 6.07) is 0.